The van der Waals surface area contributed by atoms with Gasteiger partial charge in [0.05, 0.1) is 12.2 Å². The van der Waals surface area contributed by atoms with Gasteiger partial charge in [-0.1, -0.05) is 30.3 Å². The fourth-order valence-electron chi connectivity index (χ4n) is 3.03. The van der Waals surface area contributed by atoms with E-state index in [-0.39, 0.29) is 30.7 Å². The number of carbonyl (C=O) groups excluding carboxylic acids is 1. The number of benzene rings is 1. The normalized spacial score (nSPS) is 22.0. The lowest BCUT2D eigenvalue weighted by Gasteiger charge is -2.36. The number of aliphatic carboxylic acids is 1. The standard InChI is InChI=1S/C18H26N2O4/c1-13-11-20(12-14(2)24-13)18(23)19-16(8-9-17(21)22)10-15-6-4-3-5-7-15/h3-7,13-14,16H,8-12H2,1-2H3,(H,19,23)(H,21,22). The van der Waals surface area contributed by atoms with Crippen LogP contribution in [0.25, 0.3) is 0 Å². The summed E-state index contributed by atoms with van der Waals surface area (Å²) in [5, 5.41) is 11.9. The molecule has 1 aromatic rings. The number of ether oxygens (including phenoxy) is 1. The minimum atomic E-state index is -0.851. The highest BCUT2D eigenvalue weighted by Gasteiger charge is 2.27. The average molecular weight is 334 g/mol. The van der Waals surface area contributed by atoms with Gasteiger partial charge >= 0.3 is 12.0 Å². The number of nitrogens with zero attached hydrogens (tertiary/aromatic N) is 1. The van der Waals surface area contributed by atoms with Gasteiger partial charge in [0.2, 0.25) is 0 Å². The summed E-state index contributed by atoms with van der Waals surface area (Å²) < 4.78 is 5.65. The molecule has 1 aromatic carbocycles. The third-order valence-electron chi connectivity index (χ3n) is 4.07. The maximum Gasteiger partial charge on any atom is 0.317 e. The van der Waals surface area contributed by atoms with Crippen LogP contribution < -0.4 is 5.32 Å². The molecule has 0 spiro atoms. The number of morpholine rings is 1. The Hall–Kier alpha value is -2.08. The molecule has 1 aliphatic heterocycles. The van der Waals surface area contributed by atoms with Gasteiger partial charge in [0, 0.05) is 25.6 Å². The van der Waals surface area contributed by atoms with E-state index in [0.717, 1.165) is 5.56 Å². The Morgan fingerprint density at radius 1 is 1.25 bits per heavy atom. The van der Waals surface area contributed by atoms with Crippen LogP contribution in [0.4, 0.5) is 4.79 Å². The first-order valence-corrected chi connectivity index (χ1v) is 8.40. The molecule has 2 rings (SSSR count). The predicted octanol–water partition coefficient (Wildman–Crippen LogP) is 2.28. The highest BCUT2D eigenvalue weighted by atomic mass is 16.5. The lowest BCUT2D eigenvalue weighted by atomic mass is 10.0. The van der Waals surface area contributed by atoms with Crippen molar-refractivity contribution in [3.63, 3.8) is 0 Å². The summed E-state index contributed by atoms with van der Waals surface area (Å²) in [5.74, 6) is -0.851. The average Bonchev–Trinajstić information content (AvgIpc) is 2.52. The van der Waals surface area contributed by atoms with Crippen molar-refractivity contribution < 1.29 is 19.4 Å². The molecule has 132 valence electrons. The van der Waals surface area contributed by atoms with Gasteiger partial charge in [0.25, 0.3) is 0 Å². The molecule has 0 aliphatic carbocycles. The third-order valence-corrected chi connectivity index (χ3v) is 4.07. The van der Waals surface area contributed by atoms with E-state index in [1.165, 1.54) is 0 Å². The van der Waals surface area contributed by atoms with Gasteiger partial charge in [0.15, 0.2) is 0 Å². The van der Waals surface area contributed by atoms with E-state index in [9.17, 15) is 9.59 Å². The van der Waals surface area contributed by atoms with Crippen LogP contribution in [-0.2, 0) is 16.0 Å². The minimum absolute atomic E-state index is 0.00564. The summed E-state index contributed by atoms with van der Waals surface area (Å²) in [4.78, 5) is 25.2. The summed E-state index contributed by atoms with van der Waals surface area (Å²) in [6, 6.07) is 9.43. The number of carboxylic acid groups (broad SMARTS) is 1. The van der Waals surface area contributed by atoms with Crippen LogP contribution >= 0.6 is 0 Å². The van der Waals surface area contributed by atoms with E-state index >= 15 is 0 Å². The van der Waals surface area contributed by atoms with Gasteiger partial charge in [-0.3, -0.25) is 4.79 Å². The molecule has 0 radical (unpaired) electrons. The number of hydrogen-bond donors (Lipinski definition) is 2. The van der Waals surface area contributed by atoms with Crippen molar-refractivity contribution in [3.05, 3.63) is 35.9 Å². The molecule has 0 saturated carbocycles. The van der Waals surface area contributed by atoms with Gasteiger partial charge in [-0.2, -0.15) is 0 Å². The van der Waals surface area contributed by atoms with E-state index in [4.69, 9.17) is 9.84 Å². The zero-order valence-electron chi connectivity index (χ0n) is 14.3. The van der Waals surface area contributed by atoms with Crippen molar-refractivity contribution in [2.75, 3.05) is 13.1 Å². The smallest absolute Gasteiger partial charge is 0.317 e. The Labute approximate surface area is 142 Å². The summed E-state index contributed by atoms with van der Waals surface area (Å²) in [6.07, 6.45) is 1.08. The number of urea groups is 1. The van der Waals surface area contributed by atoms with Gasteiger partial charge in [-0.05, 0) is 32.3 Å². The number of carbonyl (C=O) groups is 2. The Morgan fingerprint density at radius 2 is 1.88 bits per heavy atom. The molecule has 6 nitrogen and oxygen atoms in total. The number of rotatable bonds is 6. The molecule has 1 heterocycles. The van der Waals surface area contributed by atoms with Crippen LogP contribution in [0.5, 0.6) is 0 Å². The second kappa shape index (κ2) is 8.68. The van der Waals surface area contributed by atoms with E-state index in [1.54, 1.807) is 4.90 Å². The predicted molar refractivity (Wildman–Crippen MR) is 90.9 cm³/mol. The molecule has 3 atom stereocenters. The van der Waals surface area contributed by atoms with Gasteiger partial charge < -0.3 is 20.1 Å². The second-order valence-electron chi connectivity index (χ2n) is 6.43. The molecule has 0 aromatic heterocycles. The van der Waals surface area contributed by atoms with Crippen molar-refractivity contribution in [1.29, 1.82) is 0 Å². The summed E-state index contributed by atoms with van der Waals surface area (Å²) in [5.41, 5.74) is 1.08. The quantitative estimate of drug-likeness (QED) is 0.836. The van der Waals surface area contributed by atoms with Crippen LogP contribution in [0.1, 0.15) is 32.3 Å². The summed E-state index contributed by atoms with van der Waals surface area (Å²) >= 11 is 0. The molecule has 3 unspecified atom stereocenters. The van der Waals surface area contributed by atoms with Crippen molar-refractivity contribution in [3.8, 4) is 0 Å². The number of amides is 2. The monoisotopic (exact) mass is 334 g/mol. The first-order chi connectivity index (χ1) is 11.4. The van der Waals surface area contributed by atoms with Gasteiger partial charge in [0.1, 0.15) is 0 Å². The lowest BCUT2D eigenvalue weighted by Crippen LogP contribution is -2.53. The van der Waals surface area contributed by atoms with Gasteiger partial charge in [-0.15, -0.1) is 0 Å². The third kappa shape index (κ3) is 5.85. The van der Waals surface area contributed by atoms with E-state index in [1.807, 2.05) is 44.2 Å². The molecule has 1 fully saturated rings. The highest BCUT2D eigenvalue weighted by molar-refractivity contribution is 5.75. The minimum Gasteiger partial charge on any atom is -0.481 e. The topological polar surface area (TPSA) is 78.9 Å². The fraction of sp³-hybridized carbons (Fsp3) is 0.556. The lowest BCUT2D eigenvalue weighted by molar-refractivity contribution is -0.137. The van der Waals surface area contributed by atoms with Crippen LogP contribution in [-0.4, -0.2) is 53.3 Å². The highest BCUT2D eigenvalue weighted by Crippen LogP contribution is 2.13. The van der Waals surface area contributed by atoms with E-state index in [0.29, 0.717) is 25.9 Å². The summed E-state index contributed by atoms with van der Waals surface area (Å²) in [7, 11) is 0. The van der Waals surface area contributed by atoms with Crippen LogP contribution in [0.3, 0.4) is 0 Å². The maximum atomic E-state index is 12.5. The van der Waals surface area contributed by atoms with Gasteiger partial charge in [-0.25, -0.2) is 4.79 Å². The molecule has 0 bridgehead atoms. The Morgan fingerprint density at radius 3 is 2.46 bits per heavy atom. The summed E-state index contributed by atoms with van der Waals surface area (Å²) in [6.45, 7) is 4.99. The number of carboxylic acids is 1. The van der Waals surface area contributed by atoms with E-state index in [2.05, 4.69) is 5.32 Å². The zero-order valence-corrected chi connectivity index (χ0v) is 14.3. The molecule has 1 aliphatic rings. The van der Waals surface area contributed by atoms with Crippen molar-refractivity contribution in [1.82, 2.24) is 10.2 Å². The molecule has 24 heavy (non-hydrogen) atoms. The molecule has 2 amide bonds. The molecule has 6 heteroatoms. The number of nitrogens with one attached hydrogen (secondary N) is 1. The first-order valence-electron chi connectivity index (χ1n) is 8.40. The largest absolute Gasteiger partial charge is 0.481 e. The number of hydrogen-bond acceptors (Lipinski definition) is 3. The van der Waals surface area contributed by atoms with Crippen LogP contribution in [0, 0.1) is 0 Å². The maximum absolute atomic E-state index is 12.5. The molecule has 2 N–H and O–H groups in total. The fourth-order valence-corrected chi connectivity index (χ4v) is 3.03. The zero-order chi connectivity index (χ0) is 17.5. The Kier molecular flexibility index (Phi) is 6.61. The van der Waals surface area contributed by atoms with Crippen molar-refractivity contribution in [2.24, 2.45) is 0 Å². The Bertz CT molecular complexity index is 539. The Balaban J connectivity index is 1.98. The van der Waals surface area contributed by atoms with Crippen molar-refractivity contribution >= 4 is 12.0 Å². The second-order valence-corrected chi connectivity index (χ2v) is 6.43. The SMILES string of the molecule is CC1CN(C(=O)NC(CCC(=O)O)Cc2ccccc2)CC(C)O1. The van der Waals surface area contributed by atoms with Crippen LogP contribution in [0.15, 0.2) is 30.3 Å². The molecular formula is C18H26N2O4. The van der Waals surface area contributed by atoms with Crippen LogP contribution in [0.2, 0.25) is 0 Å². The first kappa shape index (κ1) is 18.3. The van der Waals surface area contributed by atoms with E-state index < -0.39 is 5.97 Å². The molecule has 1 saturated heterocycles. The van der Waals surface area contributed by atoms with Crippen molar-refractivity contribution in [2.45, 2.75) is 51.4 Å². The molecular weight excluding hydrogens is 308 g/mol.